The molecule has 29 nitrogen and oxygen atoms in total. The van der Waals surface area contributed by atoms with E-state index in [1.165, 1.54) is 13.8 Å². The summed E-state index contributed by atoms with van der Waals surface area (Å²) in [5, 5.41) is 56.6. The molecule has 0 saturated carbocycles. The second-order valence-electron chi connectivity index (χ2n) is 19.4. The third kappa shape index (κ3) is 22.5. The molecular weight excluding hydrogens is 1090 g/mol. The van der Waals surface area contributed by atoms with Gasteiger partial charge in [0.1, 0.15) is 42.4 Å². The highest BCUT2D eigenvalue weighted by Gasteiger charge is 2.50. The Bertz CT molecular complexity index is 2300. The zero-order valence-corrected chi connectivity index (χ0v) is 46.4. The highest BCUT2D eigenvalue weighted by atomic mass is 32.2. The molecule has 0 aliphatic carbocycles. The lowest BCUT2D eigenvalue weighted by atomic mass is 9.87. The number of phosphoric ester groups is 3. The monoisotopic (exact) mass is 1170 g/mol. The fraction of sp³-hybridized carbons (Fsp3) is 0.814. The number of thioether (sulfide) groups is 1. The first-order valence-electron chi connectivity index (χ1n) is 25.0. The minimum atomic E-state index is -5.60. The molecule has 0 spiro atoms. The summed E-state index contributed by atoms with van der Waals surface area (Å²) in [5.74, 6) is -1.28. The number of carbonyl (C=O) groups is 3. The molecule has 33 heteroatoms. The Labute approximate surface area is 444 Å². The zero-order chi connectivity index (χ0) is 56.4. The maximum Gasteiger partial charge on any atom is 0.481 e. The zero-order valence-electron chi connectivity index (χ0n) is 42.9. The lowest BCUT2D eigenvalue weighted by Crippen LogP contribution is -2.48. The molecule has 436 valence electrons. The van der Waals surface area contributed by atoms with Gasteiger partial charge < -0.3 is 75.7 Å². The molecule has 0 bridgehead atoms. The van der Waals surface area contributed by atoms with Crippen LogP contribution in [0.15, 0.2) is 12.7 Å². The van der Waals surface area contributed by atoms with Crippen molar-refractivity contribution in [2.24, 2.45) is 5.41 Å². The second kappa shape index (κ2) is 30.8. The summed E-state index contributed by atoms with van der Waals surface area (Å²) in [5.41, 5.74) is 4.23. The Balaban J connectivity index is 1.02. The van der Waals surface area contributed by atoms with Crippen LogP contribution in [-0.2, 0) is 60.2 Å². The van der Waals surface area contributed by atoms with Gasteiger partial charge in [0.25, 0.3) is 0 Å². The third-order valence-electron chi connectivity index (χ3n) is 12.4. The summed E-state index contributed by atoms with van der Waals surface area (Å²) in [6.45, 7) is 4.05. The van der Waals surface area contributed by atoms with E-state index in [-0.39, 0.29) is 72.4 Å². The van der Waals surface area contributed by atoms with E-state index in [2.05, 4.69) is 34.4 Å². The van der Waals surface area contributed by atoms with E-state index < -0.39 is 109 Å². The number of nitrogens with two attached hydrogens (primary N) is 1. The van der Waals surface area contributed by atoms with Crippen LogP contribution in [0.4, 0.5) is 5.82 Å². The molecular formula is C43H76N7O22P3S. The van der Waals surface area contributed by atoms with Gasteiger partial charge in [-0.1, -0.05) is 83.4 Å². The number of phosphoric acid groups is 3. The maximum atomic E-state index is 12.8. The van der Waals surface area contributed by atoms with Gasteiger partial charge >= 0.3 is 23.5 Å². The molecule has 2 aromatic rings. The number of amides is 2. The summed E-state index contributed by atoms with van der Waals surface area (Å²) in [4.78, 5) is 88.7. The number of ether oxygens (including phenoxy) is 3. The highest BCUT2D eigenvalue weighted by molar-refractivity contribution is 8.13. The van der Waals surface area contributed by atoms with Crippen LogP contribution in [0.5, 0.6) is 0 Å². The number of hydrogen-bond acceptors (Lipinski definition) is 23. The SMILES string of the molecule is C[C@H](CCCCCCCCCCC[C@@H](O)CC(=O)SCCNC(=O)CCNC(=O)[C@H](O)C(C)(C)COP(=O)(O)OP(=O)(O)OC[C@H]1O[C@@H](n2cnc3c(N)ncnc32)[C@H](O)[C@@H]1OP(=O)(O)O)O[C@@H]1O[C@@H](C)[C@H](O)C[C@H]1O. The molecule has 0 radical (unpaired) electrons. The van der Waals surface area contributed by atoms with Crippen LogP contribution in [0.25, 0.3) is 11.2 Å². The number of carbonyl (C=O) groups excluding carboxylic acids is 3. The average Bonchev–Trinajstić information content (AvgIpc) is 3.89. The van der Waals surface area contributed by atoms with Gasteiger partial charge in [-0.25, -0.2) is 28.6 Å². The normalized spacial score (nSPS) is 25.1. The molecule has 2 unspecified atom stereocenters. The molecule has 2 aromatic heterocycles. The smallest absolute Gasteiger partial charge is 0.393 e. The number of aliphatic hydroxyl groups excluding tert-OH is 5. The first-order valence-corrected chi connectivity index (χ1v) is 30.5. The lowest BCUT2D eigenvalue weighted by Gasteiger charge is -2.36. The van der Waals surface area contributed by atoms with Crippen LogP contribution in [0, 0.1) is 5.41 Å². The van der Waals surface area contributed by atoms with E-state index in [4.69, 9.17) is 29.0 Å². The molecule has 2 aliphatic rings. The van der Waals surface area contributed by atoms with E-state index >= 15 is 0 Å². The van der Waals surface area contributed by atoms with Crippen molar-refractivity contribution in [1.29, 1.82) is 0 Å². The molecule has 0 aromatic carbocycles. The van der Waals surface area contributed by atoms with Crippen molar-refractivity contribution in [2.45, 2.75) is 185 Å². The first kappa shape index (κ1) is 65.9. The number of hydrogen-bond donors (Lipinski definition) is 12. The van der Waals surface area contributed by atoms with Gasteiger partial charge in [-0.15, -0.1) is 0 Å². The number of nitrogens with one attached hydrogen (secondary N) is 2. The quantitative estimate of drug-likeness (QED) is 0.0347. The summed E-state index contributed by atoms with van der Waals surface area (Å²) in [6.07, 6.45) is 0.483. The van der Waals surface area contributed by atoms with Crippen LogP contribution < -0.4 is 16.4 Å². The van der Waals surface area contributed by atoms with Crippen molar-refractivity contribution in [1.82, 2.24) is 30.2 Å². The van der Waals surface area contributed by atoms with Crippen LogP contribution in [0.1, 0.15) is 124 Å². The number of aromatic nitrogens is 4. The molecule has 2 fully saturated rings. The molecule has 13 atom stereocenters. The average molecular weight is 1170 g/mol. The van der Waals surface area contributed by atoms with E-state index in [9.17, 15) is 73.2 Å². The highest BCUT2D eigenvalue weighted by Crippen LogP contribution is 2.61. The standard InChI is InChI=1S/C43H76N7O22P3S/c1-26(68-42-30(53)21-29(52)27(2)69-42)14-12-10-8-6-5-7-9-11-13-15-28(51)20-33(55)76-19-18-45-32(54)16-17-46-40(58)37(57)43(3,4)23-67-75(64,65)72-74(62,63)66-22-31-36(71-73(59,60)61)35(56)41(70-31)50-25-49-34-38(44)47-24-48-39(34)50/h24-31,35-37,41-42,51-53,56-57H,5-23H2,1-4H3,(H,45,54)(H,46,58)(H,62,63)(H,64,65)(H2,44,47,48)(H2,59,60,61)/t26-,27+,28-,29-,30-,31-,35-,36-,37+,41-,42-/m1/s1. The number of fused-ring (bicyclic) bond motifs is 1. The summed E-state index contributed by atoms with van der Waals surface area (Å²) in [6, 6.07) is 0. The van der Waals surface area contributed by atoms with Crippen molar-refractivity contribution < 1.29 is 105 Å². The van der Waals surface area contributed by atoms with E-state index in [1.807, 2.05) is 6.92 Å². The van der Waals surface area contributed by atoms with E-state index in [0.29, 0.717) is 6.42 Å². The Kier molecular flexibility index (Phi) is 26.7. The van der Waals surface area contributed by atoms with Gasteiger partial charge in [0.2, 0.25) is 11.8 Å². The Morgan fingerprint density at radius 2 is 1.51 bits per heavy atom. The summed E-state index contributed by atoms with van der Waals surface area (Å²) >= 11 is 0.975. The number of nitrogens with zero attached hydrogens (tertiary/aromatic N) is 4. The summed E-state index contributed by atoms with van der Waals surface area (Å²) in [7, 11) is -16.5. The van der Waals surface area contributed by atoms with Gasteiger partial charge in [-0.3, -0.25) is 32.5 Å². The molecule has 4 heterocycles. The number of anilines is 1. The van der Waals surface area contributed by atoms with Gasteiger partial charge in [0.05, 0.1) is 44.0 Å². The molecule has 76 heavy (non-hydrogen) atoms. The van der Waals surface area contributed by atoms with Gasteiger partial charge in [-0.05, 0) is 26.7 Å². The molecule has 4 rings (SSSR count). The Hall–Kier alpha value is -2.64. The predicted molar refractivity (Wildman–Crippen MR) is 270 cm³/mol. The van der Waals surface area contributed by atoms with Crippen molar-refractivity contribution in [3.8, 4) is 0 Å². The van der Waals surface area contributed by atoms with Crippen molar-refractivity contribution in [3.63, 3.8) is 0 Å². The largest absolute Gasteiger partial charge is 0.481 e. The fourth-order valence-electron chi connectivity index (χ4n) is 8.06. The first-order chi connectivity index (χ1) is 35.6. The third-order valence-corrected chi connectivity index (χ3v) is 16.4. The number of rotatable bonds is 35. The van der Waals surface area contributed by atoms with Crippen molar-refractivity contribution >= 4 is 69.1 Å². The lowest BCUT2D eigenvalue weighted by molar-refractivity contribution is -0.273. The van der Waals surface area contributed by atoms with Gasteiger partial charge in [0.15, 0.2) is 29.1 Å². The maximum absolute atomic E-state index is 12.8. The van der Waals surface area contributed by atoms with Crippen molar-refractivity contribution in [3.05, 3.63) is 12.7 Å². The van der Waals surface area contributed by atoms with Crippen LogP contribution in [0.3, 0.4) is 0 Å². The minimum Gasteiger partial charge on any atom is -0.393 e. The Morgan fingerprint density at radius 1 is 0.882 bits per heavy atom. The topological polar surface area (TPSA) is 443 Å². The van der Waals surface area contributed by atoms with Crippen LogP contribution >= 0.6 is 35.2 Å². The van der Waals surface area contributed by atoms with Gasteiger partial charge in [-0.2, -0.15) is 4.31 Å². The van der Waals surface area contributed by atoms with Crippen molar-refractivity contribution in [2.75, 3.05) is 37.8 Å². The van der Waals surface area contributed by atoms with Gasteiger partial charge in [0, 0.05) is 43.5 Å². The molecule has 13 N–H and O–H groups in total. The predicted octanol–water partition coefficient (Wildman–Crippen LogP) is 1.97. The summed E-state index contributed by atoms with van der Waals surface area (Å²) < 4.78 is 73.9. The minimum absolute atomic E-state index is 0.0132. The molecule has 2 amide bonds. The van der Waals surface area contributed by atoms with E-state index in [1.54, 1.807) is 6.92 Å². The number of nitrogen functional groups attached to an aromatic ring is 1. The molecule has 2 saturated heterocycles. The van der Waals surface area contributed by atoms with Crippen LogP contribution in [0.2, 0.25) is 0 Å². The van der Waals surface area contributed by atoms with E-state index in [0.717, 1.165) is 93.2 Å². The second-order valence-corrected chi connectivity index (χ2v) is 24.8. The fourth-order valence-corrected chi connectivity index (χ4v) is 11.6. The number of aliphatic hydroxyl groups is 5. The van der Waals surface area contributed by atoms with Crippen LogP contribution in [-0.4, -0.2) is 175 Å². The molecule has 2 aliphatic heterocycles. The Morgan fingerprint density at radius 3 is 2.17 bits per heavy atom. The number of imidazole rings is 1. The number of unbranched alkanes of at least 4 members (excludes halogenated alkanes) is 8.